The van der Waals surface area contributed by atoms with Gasteiger partial charge in [-0.15, -0.1) is 0 Å². The molecule has 2 atom stereocenters. The van der Waals surface area contributed by atoms with Gasteiger partial charge < -0.3 is 10.2 Å². The standard InChI is InChI=1S/C22H29N3O3/c26-20(12-15-25-21(27)16-8-2-3-9-17(16)22(25)28)23-18-10-4-5-11-19(18)24-13-6-1-7-14-24/h4-5,10-11,16-17H,1-3,6-9,12-15H2,(H,23,26)/t16-,17-/m1/s1. The van der Waals surface area contributed by atoms with Crippen LogP contribution in [-0.2, 0) is 14.4 Å². The number of amides is 3. The fourth-order valence-electron chi connectivity index (χ4n) is 4.87. The Bertz CT molecular complexity index is 733. The molecule has 28 heavy (non-hydrogen) atoms. The van der Waals surface area contributed by atoms with Crippen molar-refractivity contribution >= 4 is 29.1 Å². The highest BCUT2D eigenvalue weighted by Gasteiger charge is 2.47. The van der Waals surface area contributed by atoms with E-state index in [4.69, 9.17) is 0 Å². The van der Waals surface area contributed by atoms with Gasteiger partial charge in [0.1, 0.15) is 0 Å². The van der Waals surface area contributed by atoms with Gasteiger partial charge in [0.05, 0.1) is 23.2 Å². The van der Waals surface area contributed by atoms with Gasteiger partial charge in [-0.2, -0.15) is 0 Å². The predicted molar refractivity (Wildman–Crippen MR) is 108 cm³/mol. The molecular weight excluding hydrogens is 354 g/mol. The van der Waals surface area contributed by atoms with Gasteiger partial charge in [0.15, 0.2) is 0 Å². The lowest BCUT2D eigenvalue weighted by molar-refractivity contribution is -0.140. The van der Waals surface area contributed by atoms with Crippen molar-refractivity contribution < 1.29 is 14.4 Å². The summed E-state index contributed by atoms with van der Waals surface area (Å²) >= 11 is 0. The number of anilines is 2. The van der Waals surface area contributed by atoms with Gasteiger partial charge in [-0.25, -0.2) is 0 Å². The van der Waals surface area contributed by atoms with Crippen molar-refractivity contribution in [3.05, 3.63) is 24.3 Å². The third-order valence-electron chi connectivity index (χ3n) is 6.37. The first-order valence-corrected chi connectivity index (χ1v) is 10.6. The van der Waals surface area contributed by atoms with Crippen LogP contribution in [0, 0.1) is 11.8 Å². The van der Waals surface area contributed by atoms with E-state index in [-0.39, 0.29) is 42.5 Å². The highest BCUT2D eigenvalue weighted by atomic mass is 16.2. The number of nitrogens with one attached hydrogen (secondary N) is 1. The SMILES string of the molecule is O=C(CCN1C(=O)[C@@H]2CCCC[C@H]2C1=O)Nc1ccccc1N1CCCCC1. The van der Waals surface area contributed by atoms with Gasteiger partial charge in [-0.05, 0) is 44.2 Å². The van der Waals surface area contributed by atoms with Crippen molar-refractivity contribution in [2.24, 2.45) is 11.8 Å². The lowest BCUT2D eigenvalue weighted by atomic mass is 9.81. The zero-order valence-electron chi connectivity index (χ0n) is 16.4. The van der Waals surface area contributed by atoms with Crippen molar-refractivity contribution in [1.29, 1.82) is 0 Å². The van der Waals surface area contributed by atoms with Crippen LogP contribution in [-0.4, -0.2) is 42.3 Å². The molecule has 2 heterocycles. The number of benzene rings is 1. The highest BCUT2D eigenvalue weighted by Crippen LogP contribution is 2.38. The molecule has 3 amide bonds. The molecule has 150 valence electrons. The first-order chi connectivity index (χ1) is 13.6. The Hall–Kier alpha value is -2.37. The van der Waals surface area contributed by atoms with Gasteiger partial charge in [-0.3, -0.25) is 19.3 Å². The van der Waals surface area contributed by atoms with E-state index in [0.717, 1.165) is 50.1 Å². The van der Waals surface area contributed by atoms with Crippen LogP contribution >= 0.6 is 0 Å². The number of nitrogens with zero attached hydrogens (tertiary/aromatic N) is 2. The Kier molecular flexibility index (Phi) is 5.64. The molecule has 0 radical (unpaired) electrons. The van der Waals surface area contributed by atoms with Gasteiger partial charge in [0.25, 0.3) is 0 Å². The molecule has 1 N–H and O–H groups in total. The van der Waals surface area contributed by atoms with E-state index in [9.17, 15) is 14.4 Å². The van der Waals surface area contributed by atoms with Gasteiger partial charge in [-0.1, -0.05) is 25.0 Å². The van der Waals surface area contributed by atoms with Crippen LogP contribution in [0.25, 0.3) is 0 Å². The highest BCUT2D eigenvalue weighted by molar-refractivity contribution is 6.05. The van der Waals surface area contributed by atoms with Crippen LogP contribution in [0.5, 0.6) is 0 Å². The molecule has 0 bridgehead atoms. The van der Waals surface area contributed by atoms with Crippen molar-refractivity contribution in [3.63, 3.8) is 0 Å². The van der Waals surface area contributed by atoms with Gasteiger partial charge in [0, 0.05) is 26.1 Å². The van der Waals surface area contributed by atoms with Crippen LogP contribution in [0.2, 0.25) is 0 Å². The predicted octanol–water partition coefficient (Wildman–Crippen LogP) is 3.18. The first-order valence-electron chi connectivity index (χ1n) is 10.6. The van der Waals surface area contributed by atoms with Crippen LogP contribution < -0.4 is 10.2 Å². The third kappa shape index (κ3) is 3.77. The molecule has 0 unspecified atom stereocenters. The Morgan fingerprint density at radius 1 is 0.929 bits per heavy atom. The van der Waals surface area contributed by atoms with Gasteiger partial charge >= 0.3 is 0 Å². The van der Waals surface area contributed by atoms with Crippen LogP contribution in [0.1, 0.15) is 51.4 Å². The number of piperidine rings is 1. The number of rotatable bonds is 5. The van der Waals surface area contributed by atoms with Crippen molar-refractivity contribution in [1.82, 2.24) is 4.90 Å². The second-order valence-electron chi connectivity index (χ2n) is 8.19. The number of hydrogen-bond acceptors (Lipinski definition) is 4. The number of carbonyl (C=O) groups excluding carboxylic acids is 3. The number of carbonyl (C=O) groups is 3. The summed E-state index contributed by atoms with van der Waals surface area (Å²) in [5, 5.41) is 2.99. The minimum absolute atomic E-state index is 0.0729. The van der Waals surface area contributed by atoms with E-state index in [0.29, 0.717) is 0 Å². The summed E-state index contributed by atoms with van der Waals surface area (Å²) in [4.78, 5) is 41.3. The topological polar surface area (TPSA) is 69.7 Å². The molecule has 1 aromatic rings. The molecule has 3 fully saturated rings. The minimum Gasteiger partial charge on any atom is -0.370 e. The summed E-state index contributed by atoms with van der Waals surface area (Å²) in [6, 6.07) is 7.87. The average molecular weight is 383 g/mol. The number of imide groups is 1. The Labute approximate surface area is 166 Å². The molecule has 1 aliphatic carbocycles. The fourth-order valence-corrected chi connectivity index (χ4v) is 4.87. The second kappa shape index (κ2) is 8.33. The van der Waals surface area contributed by atoms with Gasteiger partial charge in [0.2, 0.25) is 17.7 Å². The summed E-state index contributed by atoms with van der Waals surface area (Å²) in [7, 11) is 0. The molecule has 6 nitrogen and oxygen atoms in total. The zero-order chi connectivity index (χ0) is 19.5. The molecule has 1 aromatic carbocycles. The molecule has 2 aliphatic heterocycles. The number of para-hydroxylation sites is 2. The lowest BCUT2D eigenvalue weighted by Crippen LogP contribution is -2.34. The van der Waals surface area contributed by atoms with Crippen molar-refractivity contribution in [2.75, 3.05) is 29.9 Å². The van der Waals surface area contributed by atoms with Crippen molar-refractivity contribution in [2.45, 2.75) is 51.4 Å². The number of likely N-dealkylation sites (tertiary alicyclic amines) is 1. The summed E-state index contributed by atoms with van der Waals surface area (Å²) in [6.07, 6.45) is 7.38. The van der Waals surface area contributed by atoms with E-state index in [1.165, 1.54) is 24.2 Å². The van der Waals surface area contributed by atoms with E-state index < -0.39 is 0 Å². The van der Waals surface area contributed by atoms with E-state index in [1.807, 2.05) is 24.3 Å². The molecule has 3 aliphatic rings. The molecule has 2 saturated heterocycles. The normalized spacial score (nSPS) is 25.0. The molecule has 0 spiro atoms. The van der Waals surface area contributed by atoms with E-state index in [2.05, 4.69) is 10.2 Å². The monoisotopic (exact) mass is 383 g/mol. The van der Waals surface area contributed by atoms with Crippen molar-refractivity contribution in [3.8, 4) is 0 Å². The molecule has 6 heteroatoms. The zero-order valence-corrected chi connectivity index (χ0v) is 16.4. The minimum atomic E-state index is -0.153. The maximum atomic E-state index is 12.6. The number of fused-ring (bicyclic) bond motifs is 1. The quantitative estimate of drug-likeness (QED) is 0.793. The maximum absolute atomic E-state index is 12.6. The Balaban J connectivity index is 1.36. The largest absolute Gasteiger partial charge is 0.370 e. The number of hydrogen-bond donors (Lipinski definition) is 1. The summed E-state index contributed by atoms with van der Waals surface area (Å²) in [5.74, 6) is -0.597. The Morgan fingerprint density at radius 3 is 2.25 bits per heavy atom. The van der Waals surface area contributed by atoms with Crippen LogP contribution in [0.3, 0.4) is 0 Å². The lowest BCUT2D eigenvalue weighted by Gasteiger charge is -2.30. The molecular formula is C22H29N3O3. The first kappa shape index (κ1) is 19.0. The Morgan fingerprint density at radius 2 is 1.57 bits per heavy atom. The maximum Gasteiger partial charge on any atom is 0.233 e. The summed E-state index contributed by atoms with van der Waals surface area (Å²) in [6.45, 7) is 2.20. The summed E-state index contributed by atoms with van der Waals surface area (Å²) < 4.78 is 0. The van der Waals surface area contributed by atoms with E-state index >= 15 is 0 Å². The van der Waals surface area contributed by atoms with Crippen LogP contribution in [0.15, 0.2) is 24.3 Å². The third-order valence-corrected chi connectivity index (χ3v) is 6.37. The van der Waals surface area contributed by atoms with Crippen LogP contribution in [0.4, 0.5) is 11.4 Å². The molecule has 0 aromatic heterocycles. The van der Waals surface area contributed by atoms with E-state index in [1.54, 1.807) is 0 Å². The second-order valence-corrected chi connectivity index (χ2v) is 8.19. The smallest absolute Gasteiger partial charge is 0.233 e. The summed E-state index contributed by atoms with van der Waals surface area (Å²) in [5.41, 5.74) is 1.86. The molecule has 4 rings (SSSR count). The fraction of sp³-hybridized carbons (Fsp3) is 0.591. The average Bonchev–Trinajstić information content (AvgIpc) is 2.98. The molecule has 1 saturated carbocycles.